The van der Waals surface area contributed by atoms with Gasteiger partial charge >= 0.3 is 0 Å². The number of nitrogens with one attached hydrogen (secondary N) is 1. The maximum absolute atomic E-state index is 4.28. The zero-order chi connectivity index (χ0) is 12.8. The van der Waals surface area contributed by atoms with Crippen LogP contribution in [0.25, 0.3) is 0 Å². The zero-order valence-corrected chi connectivity index (χ0v) is 11.7. The Kier molecular flexibility index (Phi) is 5.17. The molecule has 0 aromatic carbocycles. The van der Waals surface area contributed by atoms with E-state index in [9.17, 15) is 0 Å². The Balaban J connectivity index is 1.67. The normalized spacial score (nSPS) is 24.3. The third-order valence-corrected chi connectivity index (χ3v) is 4.26. The lowest BCUT2D eigenvalue weighted by Crippen LogP contribution is -2.27. The molecule has 0 radical (unpaired) electrons. The van der Waals surface area contributed by atoms with Gasteiger partial charge in [0.05, 0.1) is 6.54 Å². The van der Waals surface area contributed by atoms with Crippen molar-refractivity contribution in [1.29, 1.82) is 0 Å². The largest absolute Gasteiger partial charge is 0.310 e. The minimum Gasteiger partial charge on any atom is -0.310 e. The summed E-state index contributed by atoms with van der Waals surface area (Å²) in [5.41, 5.74) is 0. The van der Waals surface area contributed by atoms with E-state index in [1.54, 1.807) is 6.33 Å². The standard InChI is InChI=1S/C14H26N4/c1-3-12-5-7-13(8-6-12)9-15-10-14-16-11-17-18(14)4-2/h11-13,15H,3-10H2,1-2H3. The van der Waals surface area contributed by atoms with Gasteiger partial charge in [0.1, 0.15) is 12.2 Å². The van der Waals surface area contributed by atoms with Gasteiger partial charge in [-0.2, -0.15) is 5.10 Å². The monoisotopic (exact) mass is 250 g/mol. The molecule has 1 aliphatic carbocycles. The molecule has 0 atom stereocenters. The van der Waals surface area contributed by atoms with Gasteiger partial charge in [0, 0.05) is 6.54 Å². The van der Waals surface area contributed by atoms with E-state index in [4.69, 9.17) is 0 Å². The highest BCUT2D eigenvalue weighted by molar-refractivity contribution is 4.84. The molecule has 1 heterocycles. The number of rotatable bonds is 6. The van der Waals surface area contributed by atoms with E-state index in [0.29, 0.717) is 0 Å². The van der Waals surface area contributed by atoms with Gasteiger partial charge in [-0.3, -0.25) is 0 Å². The summed E-state index contributed by atoms with van der Waals surface area (Å²) in [7, 11) is 0. The molecule has 1 aliphatic rings. The first-order chi connectivity index (χ1) is 8.83. The summed E-state index contributed by atoms with van der Waals surface area (Å²) in [6.45, 7) is 7.30. The summed E-state index contributed by atoms with van der Waals surface area (Å²) < 4.78 is 1.96. The van der Waals surface area contributed by atoms with Gasteiger partial charge < -0.3 is 5.32 Å². The Bertz CT molecular complexity index is 339. The van der Waals surface area contributed by atoms with Gasteiger partial charge in [0.25, 0.3) is 0 Å². The Labute approximate surface area is 110 Å². The van der Waals surface area contributed by atoms with Crippen LogP contribution in [0.2, 0.25) is 0 Å². The molecule has 0 saturated heterocycles. The Hall–Kier alpha value is -0.900. The molecule has 1 N–H and O–H groups in total. The van der Waals surface area contributed by atoms with E-state index >= 15 is 0 Å². The number of aromatic nitrogens is 3. The van der Waals surface area contributed by atoms with Gasteiger partial charge in [-0.15, -0.1) is 0 Å². The Morgan fingerprint density at radius 3 is 2.61 bits per heavy atom. The number of aryl methyl sites for hydroxylation is 1. The fourth-order valence-electron chi connectivity index (χ4n) is 2.92. The topological polar surface area (TPSA) is 42.7 Å². The minimum absolute atomic E-state index is 0.849. The first-order valence-electron chi connectivity index (χ1n) is 7.40. The van der Waals surface area contributed by atoms with E-state index in [1.165, 1.54) is 32.1 Å². The van der Waals surface area contributed by atoms with Gasteiger partial charge in [0.2, 0.25) is 0 Å². The smallest absolute Gasteiger partial charge is 0.140 e. The van der Waals surface area contributed by atoms with Crippen molar-refractivity contribution in [3.05, 3.63) is 12.2 Å². The number of hydrogen-bond acceptors (Lipinski definition) is 3. The van der Waals surface area contributed by atoms with Crippen molar-refractivity contribution in [1.82, 2.24) is 20.1 Å². The second-order valence-corrected chi connectivity index (χ2v) is 5.42. The van der Waals surface area contributed by atoms with E-state index in [2.05, 4.69) is 29.2 Å². The molecule has 0 unspecified atom stereocenters. The average Bonchev–Trinajstić information content (AvgIpc) is 2.87. The highest BCUT2D eigenvalue weighted by Crippen LogP contribution is 2.30. The predicted molar refractivity (Wildman–Crippen MR) is 73.1 cm³/mol. The average molecular weight is 250 g/mol. The van der Waals surface area contributed by atoms with E-state index in [0.717, 1.165) is 37.3 Å². The SMILES string of the molecule is CCC1CCC(CNCc2ncnn2CC)CC1. The number of nitrogens with zero attached hydrogens (tertiary/aromatic N) is 3. The van der Waals surface area contributed by atoms with Crippen molar-refractivity contribution in [3.63, 3.8) is 0 Å². The molecule has 2 rings (SSSR count). The fraction of sp³-hybridized carbons (Fsp3) is 0.857. The summed E-state index contributed by atoms with van der Waals surface area (Å²) >= 11 is 0. The van der Waals surface area contributed by atoms with Crippen molar-refractivity contribution in [2.24, 2.45) is 11.8 Å². The third-order valence-electron chi connectivity index (χ3n) is 4.26. The molecule has 0 aliphatic heterocycles. The lowest BCUT2D eigenvalue weighted by atomic mass is 9.81. The minimum atomic E-state index is 0.849. The fourth-order valence-corrected chi connectivity index (χ4v) is 2.92. The van der Waals surface area contributed by atoms with Crippen LogP contribution in [0, 0.1) is 11.8 Å². The molecule has 102 valence electrons. The molecule has 1 saturated carbocycles. The van der Waals surface area contributed by atoms with Crippen molar-refractivity contribution in [2.45, 2.75) is 59.0 Å². The van der Waals surface area contributed by atoms with Crippen LogP contribution < -0.4 is 5.32 Å². The molecule has 0 bridgehead atoms. The number of hydrogen-bond donors (Lipinski definition) is 1. The van der Waals surface area contributed by atoms with Crippen LogP contribution in [0.15, 0.2) is 6.33 Å². The van der Waals surface area contributed by atoms with E-state index < -0.39 is 0 Å². The first kappa shape index (κ1) is 13.5. The molecular formula is C14H26N4. The molecule has 1 fully saturated rings. The van der Waals surface area contributed by atoms with Gasteiger partial charge in [-0.25, -0.2) is 9.67 Å². The first-order valence-corrected chi connectivity index (χ1v) is 7.40. The van der Waals surface area contributed by atoms with Crippen LogP contribution in [0.1, 0.15) is 51.8 Å². The zero-order valence-electron chi connectivity index (χ0n) is 11.7. The third kappa shape index (κ3) is 3.55. The molecule has 18 heavy (non-hydrogen) atoms. The second kappa shape index (κ2) is 6.88. The molecule has 0 amide bonds. The van der Waals surface area contributed by atoms with Crippen LogP contribution in [0.4, 0.5) is 0 Å². The van der Waals surface area contributed by atoms with Gasteiger partial charge in [0.15, 0.2) is 0 Å². The summed E-state index contributed by atoms with van der Waals surface area (Å²) in [6, 6.07) is 0. The summed E-state index contributed by atoms with van der Waals surface area (Å²) in [5, 5.41) is 7.73. The highest BCUT2D eigenvalue weighted by Gasteiger charge is 2.19. The van der Waals surface area contributed by atoms with Gasteiger partial charge in [-0.05, 0) is 38.1 Å². The predicted octanol–water partition coefficient (Wildman–Crippen LogP) is 2.60. The summed E-state index contributed by atoms with van der Waals surface area (Å²) in [6.07, 6.45) is 8.65. The van der Waals surface area contributed by atoms with Crippen LogP contribution in [0.5, 0.6) is 0 Å². The lowest BCUT2D eigenvalue weighted by molar-refractivity contribution is 0.261. The van der Waals surface area contributed by atoms with E-state index in [-0.39, 0.29) is 0 Å². The van der Waals surface area contributed by atoms with Crippen LogP contribution in [-0.2, 0) is 13.1 Å². The molecule has 0 spiro atoms. The second-order valence-electron chi connectivity index (χ2n) is 5.42. The molecule has 4 heteroatoms. The van der Waals surface area contributed by atoms with Crippen molar-refractivity contribution in [3.8, 4) is 0 Å². The van der Waals surface area contributed by atoms with Crippen molar-refractivity contribution < 1.29 is 0 Å². The quantitative estimate of drug-likeness (QED) is 0.844. The Morgan fingerprint density at radius 2 is 1.94 bits per heavy atom. The van der Waals surface area contributed by atoms with Gasteiger partial charge in [-0.1, -0.05) is 26.2 Å². The van der Waals surface area contributed by atoms with Crippen LogP contribution in [-0.4, -0.2) is 21.3 Å². The molecule has 1 aromatic rings. The van der Waals surface area contributed by atoms with Crippen molar-refractivity contribution in [2.75, 3.05) is 6.54 Å². The molecular weight excluding hydrogens is 224 g/mol. The van der Waals surface area contributed by atoms with Crippen molar-refractivity contribution >= 4 is 0 Å². The molecule has 4 nitrogen and oxygen atoms in total. The summed E-state index contributed by atoms with van der Waals surface area (Å²) in [5.74, 6) is 2.91. The van der Waals surface area contributed by atoms with Crippen LogP contribution in [0.3, 0.4) is 0 Å². The molecule has 1 aromatic heterocycles. The maximum Gasteiger partial charge on any atom is 0.140 e. The van der Waals surface area contributed by atoms with E-state index in [1.807, 2.05) is 4.68 Å². The Morgan fingerprint density at radius 1 is 1.22 bits per heavy atom. The maximum atomic E-state index is 4.28. The highest BCUT2D eigenvalue weighted by atomic mass is 15.3. The lowest BCUT2D eigenvalue weighted by Gasteiger charge is -2.27. The summed E-state index contributed by atoms with van der Waals surface area (Å²) in [4.78, 5) is 4.28. The van der Waals surface area contributed by atoms with Crippen LogP contribution >= 0.6 is 0 Å².